The van der Waals surface area contributed by atoms with E-state index in [4.69, 9.17) is 0 Å². The van der Waals surface area contributed by atoms with Crippen molar-refractivity contribution in [3.63, 3.8) is 0 Å². The van der Waals surface area contributed by atoms with Crippen molar-refractivity contribution in [1.29, 1.82) is 0 Å². The zero-order valence-corrected chi connectivity index (χ0v) is 11.1. The van der Waals surface area contributed by atoms with Crippen molar-refractivity contribution >= 4 is 29.1 Å². The van der Waals surface area contributed by atoms with Crippen molar-refractivity contribution in [3.05, 3.63) is 48.8 Å². The van der Waals surface area contributed by atoms with Gasteiger partial charge in [0.05, 0.1) is 11.0 Å². The summed E-state index contributed by atoms with van der Waals surface area (Å²) >= 11 is 0. The van der Waals surface area contributed by atoms with Gasteiger partial charge in [0.1, 0.15) is 0 Å². The fraction of sp³-hybridized carbons (Fsp3) is 0. The summed E-state index contributed by atoms with van der Waals surface area (Å²) in [4.78, 5) is 8.66. The summed E-state index contributed by atoms with van der Waals surface area (Å²) in [5.74, 6) is 0. The van der Waals surface area contributed by atoms with Gasteiger partial charge in [0.2, 0.25) is 0 Å². The summed E-state index contributed by atoms with van der Waals surface area (Å²) in [6, 6.07) is 12.1. The van der Waals surface area contributed by atoms with E-state index in [1.165, 1.54) is 0 Å². The van der Waals surface area contributed by atoms with Crippen molar-refractivity contribution in [1.82, 2.24) is 9.97 Å². The quantitative estimate of drug-likeness (QED) is 0.352. The van der Waals surface area contributed by atoms with E-state index >= 15 is 0 Å². The predicted molar refractivity (Wildman–Crippen MR) is 68.3 cm³/mol. The summed E-state index contributed by atoms with van der Waals surface area (Å²) in [5.41, 5.74) is 2.02. The van der Waals surface area contributed by atoms with Gasteiger partial charge in [-0.3, -0.25) is 9.97 Å². The molecule has 0 radical (unpaired) electrons. The molecular weight excluding hydrogens is 315 g/mol. The zero-order valence-electron chi connectivity index (χ0n) is 11.0. The van der Waals surface area contributed by atoms with E-state index in [1.54, 1.807) is 6.20 Å². The molecule has 0 atom stereocenters. The maximum Gasteiger partial charge on any atom is 1.00 e. The SMILES string of the molecule is F[B-](F)(F)F.[Fe].[H+].c1cnc2c(c1)ccc1ncccc12. The number of hydrogen-bond donors (Lipinski definition) is 0. The summed E-state index contributed by atoms with van der Waals surface area (Å²) in [7, 11) is -6.00. The molecule has 3 aromatic rings. The Kier molecular flexibility index (Phi) is 5.47. The molecule has 8 heteroatoms. The molecule has 0 bridgehead atoms. The second-order valence-corrected chi connectivity index (χ2v) is 3.71. The van der Waals surface area contributed by atoms with E-state index in [9.17, 15) is 17.3 Å². The average molecular weight is 324 g/mol. The topological polar surface area (TPSA) is 25.8 Å². The summed E-state index contributed by atoms with van der Waals surface area (Å²) in [6.07, 6.45) is 3.62. The molecule has 0 aliphatic heterocycles. The molecule has 106 valence electrons. The molecule has 0 aliphatic rings. The van der Waals surface area contributed by atoms with E-state index in [-0.39, 0.29) is 18.5 Å². The Balaban J connectivity index is 0.000000507. The van der Waals surface area contributed by atoms with Crippen LogP contribution in [0.15, 0.2) is 48.8 Å². The van der Waals surface area contributed by atoms with Crippen LogP contribution in [0.5, 0.6) is 0 Å². The van der Waals surface area contributed by atoms with Gasteiger partial charge < -0.3 is 17.3 Å². The van der Waals surface area contributed by atoms with Gasteiger partial charge in [-0.05, 0) is 24.3 Å². The van der Waals surface area contributed by atoms with Gasteiger partial charge in [0.15, 0.2) is 0 Å². The van der Waals surface area contributed by atoms with Crippen molar-refractivity contribution in [2.45, 2.75) is 0 Å². The van der Waals surface area contributed by atoms with Crippen molar-refractivity contribution < 1.29 is 35.8 Å². The minimum Gasteiger partial charge on any atom is -0.418 e. The largest absolute Gasteiger partial charge is 1.00 e. The Hall–Kier alpha value is -1.66. The third-order valence-electron chi connectivity index (χ3n) is 2.35. The molecule has 0 spiro atoms. The van der Waals surface area contributed by atoms with Crippen molar-refractivity contribution in [3.8, 4) is 0 Å². The first-order valence-corrected chi connectivity index (χ1v) is 5.41. The molecule has 2 heterocycles. The Morgan fingerprint density at radius 2 is 1.45 bits per heavy atom. The number of hydrogen-bond acceptors (Lipinski definition) is 2. The minimum atomic E-state index is -6.00. The van der Waals surface area contributed by atoms with Gasteiger partial charge in [-0.2, -0.15) is 0 Å². The second-order valence-electron chi connectivity index (χ2n) is 3.71. The van der Waals surface area contributed by atoms with Gasteiger partial charge in [-0.25, -0.2) is 0 Å². The van der Waals surface area contributed by atoms with E-state index in [0.717, 1.165) is 21.8 Å². The van der Waals surface area contributed by atoms with Gasteiger partial charge in [0.25, 0.3) is 0 Å². The summed E-state index contributed by atoms with van der Waals surface area (Å²) < 4.78 is 39.0. The molecule has 0 aliphatic carbocycles. The fourth-order valence-corrected chi connectivity index (χ4v) is 1.70. The first-order chi connectivity index (χ1) is 8.95. The molecule has 20 heavy (non-hydrogen) atoms. The van der Waals surface area contributed by atoms with E-state index in [1.807, 2.05) is 24.4 Å². The van der Waals surface area contributed by atoms with Crippen LogP contribution in [-0.4, -0.2) is 17.2 Å². The molecule has 0 saturated heterocycles. The molecule has 3 rings (SSSR count). The van der Waals surface area contributed by atoms with E-state index in [2.05, 4.69) is 28.2 Å². The van der Waals surface area contributed by atoms with Crippen LogP contribution in [0.25, 0.3) is 21.8 Å². The number of rotatable bonds is 0. The average Bonchev–Trinajstić information content (AvgIpc) is 2.37. The van der Waals surface area contributed by atoms with Crippen molar-refractivity contribution in [2.24, 2.45) is 0 Å². The molecule has 2 nitrogen and oxygen atoms in total. The predicted octanol–water partition coefficient (Wildman–Crippen LogP) is 4.19. The maximum atomic E-state index is 9.75. The Labute approximate surface area is 124 Å². The number of halogens is 4. The number of aromatic nitrogens is 2. The van der Waals surface area contributed by atoms with Crippen LogP contribution in [0.1, 0.15) is 1.43 Å². The number of nitrogens with zero attached hydrogens (tertiary/aromatic N) is 2. The molecule has 0 N–H and O–H groups in total. The van der Waals surface area contributed by atoms with Crippen LogP contribution in [-0.2, 0) is 17.1 Å². The fourth-order valence-electron chi connectivity index (χ4n) is 1.70. The third kappa shape index (κ3) is 4.47. The number of benzene rings is 1. The van der Waals surface area contributed by atoms with E-state index < -0.39 is 7.25 Å². The zero-order chi connectivity index (χ0) is 13.9. The van der Waals surface area contributed by atoms with Crippen LogP contribution in [0.2, 0.25) is 0 Å². The first kappa shape index (κ1) is 16.4. The molecular formula is C12H9BF4FeN2. The number of fused-ring (bicyclic) bond motifs is 3. The molecule has 2 aromatic heterocycles. The van der Waals surface area contributed by atoms with Crippen LogP contribution >= 0.6 is 0 Å². The standard InChI is InChI=1S/C12H8N2.BF4.Fe/c1-3-9-5-6-11-10(4-2-7-13-11)12(9)14-8-1;2-1(3,4)5;/h1-8H;;/q;-1;/p+1. The van der Waals surface area contributed by atoms with Crippen LogP contribution in [0.4, 0.5) is 17.3 Å². The van der Waals surface area contributed by atoms with Gasteiger partial charge in [-0.1, -0.05) is 12.1 Å². The third-order valence-corrected chi connectivity index (χ3v) is 2.35. The molecule has 0 unspecified atom stereocenters. The molecule has 0 amide bonds. The molecule has 0 fully saturated rings. The normalized spacial score (nSPS) is 10.6. The van der Waals surface area contributed by atoms with Gasteiger partial charge in [0, 0.05) is 40.2 Å². The van der Waals surface area contributed by atoms with Crippen LogP contribution in [0.3, 0.4) is 0 Å². The van der Waals surface area contributed by atoms with E-state index in [0.29, 0.717) is 0 Å². The monoisotopic (exact) mass is 324 g/mol. The van der Waals surface area contributed by atoms with Crippen LogP contribution in [0, 0.1) is 0 Å². The van der Waals surface area contributed by atoms with Crippen LogP contribution < -0.4 is 0 Å². The van der Waals surface area contributed by atoms with Gasteiger partial charge >= 0.3 is 8.68 Å². The Bertz CT molecular complexity index is 650. The smallest absolute Gasteiger partial charge is 0.418 e. The second kappa shape index (κ2) is 6.68. The minimum absolute atomic E-state index is 0. The Morgan fingerprint density at radius 3 is 2.15 bits per heavy atom. The summed E-state index contributed by atoms with van der Waals surface area (Å²) in [5, 5.41) is 2.28. The maximum absolute atomic E-state index is 9.75. The Morgan fingerprint density at radius 1 is 0.850 bits per heavy atom. The summed E-state index contributed by atoms with van der Waals surface area (Å²) in [6.45, 7) is 0. The molecule has 0 saturated carbocycles. The number of pyridine rings is 2. The van der Waals surface area contributed by atoms with Gasteiger partial charge in [-0.15, -0.1) is 0 Å². The molecule has 1 aromatic carbocycles. The van der Waals surface area contributed by atoms with Crippen molar-refractivity contribution in [2.75, 3.05) is 0 Å². The first-order valence-electron chi connectivity index (χ1n) is 5.41.